The molecule has 26 heavy (non-hydrogen) atoms. The van der Waals surface area contributed by atoms with Gasteiger partial charge in [0.25, 0.3) is 5.91 Å². The molecule has 2 aromatic carbocycles. The van der Waals surface area contributed by atoms with Gasteiger partial charge in [0.2, 0.25) is 0 Å². The van der Waals surface area contributed by atoms with E-state index < -0.39 is 0 Å². The van der Waals surface area contributed by atoms with Gasteiger partial charge in [-0.15, -0.1) is 0 Å². The lowest BCUT2D eigenvalue weighted by molar-refractivity contribution is -0.118. The number of piperazine rings is 1. The molecule has 1 aliphatic rings. The summed E-state index contributed by atoms with van der Waals surface area (Å²) in [4.78, 5) is 17.1. The summed E-state index contributed by atoms with van der Waals surface area (Å²) >= 11 is 3.38. The first kappa shape index (κ1) is 18.7. The lowest BCUT2D eigenvalue weighted by Crippen LogP contribution is -2.46. The minimum absolute atomic E-state index is 0.0143. The Kier molecular flexibility index (Phi) is 6.52. The zero-order chi connectivity index (χ0) is 18.4. The Labute approximate surface area is 163 Å². The third kappa shape index (κ3) is 4.99. The van der Waals surface area contributed by atoms with Crippen LogP contribution in [0.25, 0.3) is 0 Å². The molecule has 5 nitrogen and oxygen atoms in total. The molecule has 0 radical (unpaired) electrons. The molecule has 6 heteroatoms. The zero-order valence-corrected chi connectivity index (χ0v) is 16.5. The van der Waals surface area contributed by atoms with Crippen molar-refractivity contribution in [2.45, 2.75) is 6.92 Å². The van der Waals surface area contributed by atoms with Crippen molar-refractivity contribution in [2.75, 3.05) is 49.5 Å². The number of carbonyl (C=O) groups is 1. The molecule has 0 atom stereocenters. The number of para-hydroxylation sites is 2. The molecule has 1 N–H and O–H groups in total. The average Bonchev–Trinajstić information content (AvgIpc) is 2.68. The Bertz CT molecular complexity index is 728. The van der Waals surface area contributed by atoms with Gasteiger partial charge in [-0.2, -0.15) is 0 Å². The smallest absolute Gasteiger partial charge is 0.262 e. The first-order valence-corrected chi connectivity index (χ1v) is 9.69. The van der Waals surface area contributed by atoms with Crippen LogP contribution >= 0.6 is 15.9 Å². The number of nitrogens with one attached hydrogen (secondary N) is 1. The third-order valence-corrected chi connectivity index (χ3v) is 5.05. The van der Waals surface area contributed by atoms with Gasteiger partial charge in [-0.3, -0.25) is 4.79 Å². The standard InChI is InChI=1S/C20H24BrN3O2/c1-2-23-11-13-24(14-12-23)19-6-4-3-5-18(19)22-20(25)15-26-17-9-7-16(21)8-10-17/h3-10H,2,11-15H2,1H3,(H,22,25). The molecule has 0 saturated carbocycles. The molecule has 1 saturated heterocycles. The molecule has 0 aromatic heterocycles. The Morgan fingerprint density at radius 1 is 1.08 bits per heavy atom. The van der Waals surface area contributed by atoms with Gasteiger partial charge in [-0.05, 0) is 42.9 Å². The van der Waals surface area contributed by atoms with E-state index in [0.29, 0.717) is 5.75 Å². The fourth-order valence-corrected chi connectivity index (χ4v) is 3.29. The largest absolute Gasteiger partial charge is 0.484 e. The highest BCUT2D eigenvalue weighted by atomic mass is 79.9. The van der Waals surface area contributed by atoms with Crippen molar-refractivity contribution in [3.05, 3.63) is 53.0 Å². The Morgan fingerprint density at radius 3 is 2.46 bits per heavy atom. The molecular weight excluding hydrogens is 394 g/mol. The molecule has 1 aliphatic heterocycles. The van der Waals surface area contributed by atoms with Gasteiger partial charge < -0.3 is 19.9 Å². The van der Waals surface area contributed by atoms with Gasteiger partial charge in [-0.1, -0.05) is 35.0 Å². The fourth-order valence-electron chi connectivity index (χ4n) is 3.03. The summed E-state index contributed by atoms with van der Waals surface area (Å²) in [5.41, 5.74) is 1.90. The first-order chi connectivity index (χ1) is 12.7. The maximum atomic E-state index is 12.3. The van der Waals surface area contributed by atoms with E-state index in [0.717, 1.165) is 48.6 Å². The number of carbonyl (C=O) groups excluding carboxylic acids is 1. The summed E-state index contributed by atoms with van der Waals surface area (Å²) in [6.45, 7) is 7.29. The van der Waals surface area contributed by atoms with E-state index in [1.165, 1.54) is 0 Å². The number of hydrogen-bond donors (Lipinski definition) is 1. The molecule has 0 aliphatic carbocycles. The molecule has 0 unspecified atom stereocenters. The summed E-state index contributed by atoms with van der Waals surface area (Å²) in [6, 6.07) is 15.4. The van der Waals surface area contributed by atoms with Crippen LogP contribution in [0.5, 0.6) is 5.75 Å². The maximum Gasteiger partial charge on any atom is 0.262 e. The first-order valence-electron chi connectivity index (χ1n) is 8.90. The molecule has 138 valence electrons. The monoisotopic (exact) mass is 417 g/mol. The van der Waals surface area contributed by atoms with Crippen molar-refractivity contribution >= 4 is 33.2 Å². The minimum atomic E-state index is -0.160. The van der Waals surface area contributed by atoms with Gasteiger partial charge in [-0.25, -0.2) is 0 Å². The van der Waals surface area contributed by atoms with Crippen LogP contribution in [0, 0.1) is 0 Å². The van der Waals surface area contributed by atoms with Gasteiger partial charge in [0.1, 0.15) is 5.75 Å². The van der Waals surface area contributed by atoms with Crippen molar-refractivity contribution < 1.29 is 9.53 Å². The molecule has 3 rings (SSSR count). The highest BCUT2D eigenvalue weighted by molar-refractivity contribution is 9.10. The molecule has 1 amide bonds. The van der Waals surface area contributed by atoms with Crippen molar-refractivity contribution in [3.8, 4) is 5.75 Å². The Hall–Kier alpha value is -2.05. The van der Waals surface area contributed by atoms with Gasteiger partial charge in [0, 0.05) is 30.7 Å². The van der Waals surface area contributed by atoms with Crippen molar-refractivity contribution in [3.63, 3.8) is 0 Å². The Balaban J connectivity index is 1.59. The van der Waals surface area contributed by atoms with Gasteiger partial charge >= 0.3 is 0 Å². The maximum absolute atomic E-state index is 12.3. The number of hydrogen-bond acceptors (Lipinski definition) is 4. The van der Waals surface area contributed by atoms with Crippen molar-refractivity contribution in [1.82, 2.24) is 4.90 Å². The number of halogens is 1. The van der Waals surface area contributed by atoms with E-state index in [9.17, 15) is 4.79 Å². The quantitative estimate of drug-likeness (QED) is 0.779. The molecule has 0 bridgehead atoms. The van der Waals surface area contributed by atoms with E-state index in [1.807, 2.05) is 42.5 Å². The Morgan fingerprint density at radius 2 is 1.77 bits per heavy atom. The number of nitrogens with zero attached hydrogens (tertiary/aromatic N) is 2. The SMILES string of the molecule is CCN1CCN(c2ccccc2NC(=O)COc2ccc(Br)cc2)CC1. The zero-order valence-electron chi connectivity index (χ0n) is 15.0. The van der Waals surface area contributed by atoms with Crippen LogP contribution in [-0.2, 0) is 4.79 Å². The predicted molar refractivity (Wildman–Crippen MR) is 109 cm³/mol. The van der Waals surface area contributed by atoms with Gasteiger partial charge in [0.05, 0.1) is 11.4 Å². The summed E-state index contributed by atoms with van der Waals surface area (Å²) < 4.78 is 6.53. The van der Waals surface area contributed by atoms with E-state index >= 15 is 0 Å². The second-order valence-corrected chi connectivity index (χ2v) is 7.14. The minimum Gasteiger partial charge on any atom is -0.484 e. The van der Waals surface area contributed by atoms with Crippen LogP contribution in [0.3, 0.4) is 0 Å². The lowest BCUT2D eigenvalue weighted by Gasteiger charge is -2.36. The average molecular weight is 418 g/mol. The third-order valence-electron chi connectivity index (χ3n) is 4.52. The highest BCUT2D eigenvalue weighted by Gasteiger charge is 2.18. The van der Waals surface area contributed by atoms with E-state index in [4.69, 9.17) is 4.74 Å². The van der Waals surface area contributed by atoms with Crippen LogP contribution in [0.1, 0.15) is 6.92 Å². The van der Waals surface area contributed by atoms with Crippen LogP contribution < -0.4 is 15.0 Å². The number of anilines is 2. The molecule has 0 spiro atoms. The van der Waals surface area contributed by atoms with Crippen molar-refractivity contribution in [2.24, 2.45) is 0 Å². The number of rotatable bonds is 6. The number of benzene rings is 2. The van der Waals surface area contributed by atoms with Crippen LogP contribution in [-0.4, -0.2) is 50.1 Å². The number of amides is 1. The molecular formula is C20H24BrN3O2. The summed E-state index contributed by atoms with van der Waals surface area (Å²) in [5, 5.41) is 2.99. The summed E-state index contributed by atoms with van der Waals surface area (Å²) in [5.74, 6) is 0.514. The highest BCUT2D eigenvalue weighted by Crippen LogP contribution is 2.26. The molecule has 2 aromatic rings. The van der Waals surface area contributed by atoms with E-state index in [1.54, 1.807) is 0 Å². The topological polar surface area (TPSA) is 44.8 Å². The van der Waals surface area contributed by atoms with Crippen LogP contribution in [0.2, 0.25) is 0 Å². The summed E-state index contributed by atoms with van der Waals surface area (Å²) in [7, 11) is 0. The second-order valence-electron chi connectivity index (χ2n) is 6.23. The lowest BCUT2D eigenvalue weighted by atomic mass is 10.2. The van der Waals surface area contributed by atoms with E-state index in [-0.39, 0.29) is 12.5 Å². The van der Waals surface area contributed by atoms with Crippen molar-refractivity contribution in [1.29, 1.82) is 0 Å². The van der Waals surface area contributed by atoms with Crippen LogP contribution in [0.15, 0.2) is 53.0 Å². The number of ether oxygens (including phenoxy) is 1. The van der Waals surface area contributed by atoms with E-state index in [2.05, 4.69) is 44.0 Å². The van der Waals surface area contributed by atoms with Gasteiger partial charge in [0.15, 0.2) is 6.61 Å². The van der Waals surface area contributed by atoms with Crippen LogP contribution in [0.4, 0.5) is 11.4 Å². The number of likely N-dealkylation sites (N-methyl/N-ethyl adjacent to an activating group) is 1. The second kappa shape index (κ2) is 9.05. The predicted octanol–water partition coefficient (Wildman–Crippen LogP) is 3.61. The normalized spacial score (nSPS) is 14.9. The molecule has 1 fully saturated rings. The molecule has 1 heterocycles. The summed E-state index contributed by atoms with van der Waals surface area (Å²) in [6.07, 6.45) is 0. The fraction of sp³-hybridized carbons (Fsp3) is 0.350.